The minimum absolute atomic E-state index is 0.0382. The van der Waals surface area contributed by atoms with Crippen molar-refractivity contribution in [3.8, 4) is 11.5 Å². The molecule has 0 aromatic heterocycles. The van der Waals surface area contributed by atoms with E-state index in [1.54, 1.807) is 38.1 Å². The minimum atomic E-state index is -4.72. The lowest BCUT2D eigenvalue weighted by atomic mass is 9.96. The van der Waals surface area contributed by atoms with Gasteiger partial charge in [0.25, 0.3) is 6.43 Å². The van der Waals surface area contributed by atoms with Crippen molar-refractivity contribution in [3.63, 3.8) is 0 Å². The van der Waals surface area contributed by atoms with Gasteiger partial charge < -0.3 is 24.0 Å². The van der Waals surface area contributed by atoms with E-state index >= 15 is 0 Å². The van der Waals surface area contributed by atoms with Crippen LogP contribution in [0.1, 0.15) is 17.5 Å². The molecule has 4 rings (SSSR count). The summed E-state index contributed by atoms with van der Waals surface area (Å²) in [7, 11) is -4.72. The number of allylic oxidation sites excluding steroid dienone is 1. The summed E-state index contributed by atoms with van der Waals surface area (Å²) in [4.78, 5) is 24.7. The molecule has 0 saturated carbocycles. The van der Waals surface area contributed by atoms with Gasteiger partial charge in [-0.05, 0) is 38.1 Å². The van der Waals surface area contributed by atoms with E-state index in [-0.39, 0.29) is 11.5 Å². The van der Waals surface area contributed by atoms with Crippen LogP contribution in [0.4, 0.5) is 8.78 Å². The smallest absolute Gasteiger partial charge is 0.395 e. The zero-order valence-electron chi connectivity index (χ0n) is 20.7. The number of phosphoric acid groups is 1. The van der Waals surface area contributed by atoms with Crippen LogP contribution >= 0.6 is 19.4 Å². The number of halogens is 3. The van der Waals surface area contributed by atoms with Crippen LogP contribution in [0.5, 0.6) is 11.5 Å². The molecule has 2 aromatic carbocycles. The molecule has 39 heavy (non-hydrogen) atoms. The number of nitrogens with zero attached hydrogens (tertiary/aromatic N) is 1. The molecule has 2 heterocycles. The van der Waals surface area contributed by atoms with E-state index in [0.717, 1.165) is 17.3 Å². The fraction of sp³-hybridized carbons (Fsp3) is 0.360. The number of hydrogen-bond donors (Lipinski definition) is 2. The number of aliphatic hydroxyl groups excluding tert-OH is 2. The fourth-order valence-corrected chi connectivity index (χ4v) is 5.33. The number of ketones is 1. The summed E-state index contributed by atoms with van der Waals surface area (Å²) in [5.41, 5.74) is -1.26. The number of carbonyl (C=O) groups excluding carboxylic acids is 2. The highest BCUT2D eigenvalue weighted by atomic mass is 35.5. The van der Waals surface area contributed by atoms with Crippen molar-refractivity contribution < 1.29 is 51.5 Å². The van der Waals surface area contributed by atoms with Gasteiger partial charge in [-0.3, -0.25) is 19.0 Å². The van der Waals surface area contributed by atoms with Crippen molar-refractivity contribution in [1.29, 1.82) is 0 Å². The van der Waals surface area contributed by atoms with Crippen LogP contribution < -0.4 is 9.05 Å². The maximum absolute atomic E-state index is 14.5. The third kappa shape index (κ3) is 6.16. The normalized spacial score (nSPS) is 25.7. The molecular formula is C25H25ClF2NO9P. The molecule has 0 radical (unpaired) electrons. The van der Waals surface area contributed by atoms with Crippen molar-refractivity contribution >= 4 is 31.1 Å². The lowest BCUT2D eigenvalue weighted by Gasteiger charge is -2.33. The maximum Gasteiger partial charge on any atom is 0.587 e. The van der Waals surface area contributed by atoms with E-state index in [0.29, 0.717) is 4.90 Å². The van der Waals surface area contributed by atoms with Crippen LogP contribution in [0.25, 0.3) is 0 Å². The summed E-state index contributed by atoms with van der Waals surface area (Å²) in [5, 5.41) is 20.8. The zero-order valence-corrected chi connectivity index (χ0v) is 22.4. The molecular weight excluding hydrogens is 563 g/mol. The molecule has 0 aliphatic carbocycles. The van der Waals surface area contributed by atoms with Crippen LogP contribution in [0, 0.1) is 13.8 Å². The highest BCUT2D eigenvalue weighted by Crippen LogP contribution is 2.52. The zero-order chi connectivity index (χ0) is 28.5. The molecule has 1 saturated heterocycles. The Morgan fingerprint density at radius 2 is 1.56 bits per heavy atom. The van der Waals surface area contributed by atoms with E-state index < -0.39 is 68.0 Å². The Balaban J connectivity index is 1.62. The predicted octanol–water partition coefficient (Wildman–Crippen LogP) is 3.85. The number of hydrogen-bond acceptors (Lipinski definition) is 9. The third-order valence-corrected chi connectivity index (χ3v) is 7.77. The average Bonchev–Trinajstić information content (AvgIpc) is 3.14. The Morgan fingerprint density at radius 3 is 2.05 bits per heavy atom. The van der Waals surface area contributed by atoms with Crippen molar-refractivity contribution in [3.05, 3.63) is 70.9 Å². The molecule has 0 bridgehead atoms. The highest BCUT2D eigenvalue weighted by Gasteiger charge is 2.63. The average molecular weight is 588 g/mol. The summed E-state index contributed by atoms with van der Waals surface area (Å²) >= 11 is 5.79. The van der Waals surface area contributed by atoms with E-state index in [9.17, 15) is 33.1 Å². The molecule has 2 N–H and O–H groups in total. The minimum Gasteiger partial charge on any atom is -0.395 e. The van der Waals surface area contributed by atoms with Gasteiger partial charge in [-0.15, -0.1) is 0 Å². The maximum atomic E-state index is 14.5. The van der Waals surface area contributed by atoms with Gasteiger partial charge in [-0.25, -0.2) is 13.3 Å². The van der Waals surface area contributed by atoms with Gasteiger partial charge in [0.15, 0.2) is 17.6 Å². The number of carbonyl (C=O) groups is 2. The first-order valence-electron chi connectivity index (χ1n) is 11.6. The number of amides is 1. The first-order chi connectivity index (χ1) is 18.3. The van der Waals surface area contributed by atoms with Gasteiger partial charge >= 0.3 is 7.82 Å². The molecule has 2 aliphatic heterocycles. The number of alkyl halides is 2. The van der Waals surface area contributed by atoms with Crippen molar-refractivity contribution in [1.82, 2.24) is 4.90 Å². The number of Topliss-reactive ketones (excluding diaryl/α,β-unsaturated/α-hetero) is 1. The van der Waals surface area contributed by atoms with Gasteiger partial charge in [0.2, 0.25) is 5.91 Å². The van der Waals surface area contributed by atoms with Crippen LogP contribution in [0.15, 0.2) is 59.8 Å². The van der Waals surface area contributed by atoms with Crippen LogP contribution in [-0.2, 0) is 23.4 Å². The monoisotopic (exact) mass is 587 g/mol. The summed E-state index contributed by atoms with van der Waals surface area (Å²) in [5.74, 6) is -1.54. The summed E-state index contributed by atoms with van der Waals surface area (Å²) < 4.78 is 64.2. The molecule has 1 amide bonds. The molecule has 4 atom stereocenters. The van der Waals surface area contributed by atoms with Crippen LogP contribution in [0.2, 0.25) is 0 Å². The molecule has 10 nitrogen and oxygen atoms in total. The van der Waals surface area contributed by atoms with Gasteiger partial charge in [0, 0.05) is 6.20 Å². The molecule has 0 unspecified atom stereocenters. The number of phosphoric ester groups is 1. The van der Waals surface area contributed by atoms with E-state index in [2.05, 4.69) is 0 Å². The van der Waals surface area contributed by atoms with E-state index in [1.165, 1.54) is 24.3 Å². The first kappa shape index (κ1) is 29.1. The molecule has 14 heteroatoms. The largest absolute Gasteiger partial charge is 0.587 e. The standard InChI is InChI=1S/C25H25ClF2NO9P/c1-14-3-7-16(8-4-14)37-39(34,38-17-9-5-15(2)6-10-17)35-13-25(24(27)28)22(33)21(32)23(36-25)29-12-18(26)19(30)11-20(29)31/h3-10,12,21-24,32-33H,11,13H2,1-2H3/t21-,22-,23+,25+/m0/s1. The predicted molar refractivity (Wildman–Crippen MR) is 133 cm³/mol. The van der Waals surface area contributed by atoms with Crippen molar-refractivity contribution in [2.24, 2.45) is 0 Å². The molecule has 210 valence electrons. The summed E-state index contributed by atoms with van der Waals surface area (Å²) in [6.07, 6.45) is -9.64. The molecule has 2 aromatic rings. The summed E-state index contributed by atoms with van der Waals surface area (Å²) in [6, 6.07) is 12.5. The third-order valence-electron chi connectivity index (χ3n) is 6.14. The number of aryl methyl sites for hydroxylation is 2. The van der Waals surface area contributed by atoms with Gasteiger partial charge in [0.05, 0.1) is 13.0 Å². The quantitative estimate of drug-likeness (QED) is 0.332. The van der Waals surface area contributed by atoms with Crippen LogP contribution in [-0.4, -0.2) is 63.9 Å². The highest BCUT2D eigenvalue weighted by molar-refractivity contribution is 7.49. The van der Waals surface area contributed by atoms with Crippen molar-refractivity contribution in [2.75, 3.05) is 6.61 Å². The Kier molecular flexibility index (Phi) is 8.46. The fourth-order valence-electron chi connectivity index (χ4n) is 3.90. The second kappa shape index (κ2) is 11.3. The first-order valence-corrected chi connectivity index (χ1v) is 13.5. The van der Waals surface area contributed by atoms with E-state index in [4.69, 9.17) is 29.9 Å². The second-order valence-electron chi connectivity index (χ2n) is 9.11. The SMILES string of the molecule is Cc1ccc(OP(=O)(OC[C@@]2(C(F)F)O[C@@H](N3C=C(Cl)C(=O)CC3=O)[C@@H](O)[C@@H]2O)Oc2ccc(C)cc2)cc1. The van der Waals surface area contributed by atoms with Gasteiger partial charge in [-0.2, -0.15) is 0 Å². The topological polar surface area (TPSA) is 132 Å². The molecule has 0 spiro atoms. The second-order valence-corrected chi connectivity index (χ2v) is 11.0. The van der Waals surface area contributed by atoms with Gasteiger partial charge in [-0.1, -0.05) is 47.0 Å². The Bertz CT molecular complexity index is 1260. The number of rotatable bonds is 9. The Hall–Kier alpha value is -2.86. The Morgan fingerprint density at radius 1 is 1.05 bits per heavy atom. The lowest BCUT2D eigenvalue weighted by molar-refractivity contribution is -0.200. The number of aliphatic hydroxyl groups is 2. The van der Waals surface area contributed by atoms with Gasteiger partial charge in [0.1, 0.15) is 28.7 Å². The Labute approximate surface area is 227 Å². The van der Waals surface area contributed by atoms with Crippen LogP contribution in [0.3, 0.4) is 0 Å². The molecule has 2 aliphatic rings. The van der Waals surface area contributed by atoms with Crippen molar-refractivity contribution in [2.45, 2.75) is 50.7 Å². The summed E-state index contributed by atoms with van der Waals surface area (Å²) in [6.45, 7) is 2.33. The number of ether oxygens (including phenoxy) is 1. The number of benzene rings is 2. The molecule has 1 fully saturated rings. The van der Waals surface area contributed by atoms with E-state index in [1.807, 2.05) is 0 Å². The lowest BCUT2D eigenvalue weighted by Crippen LogP contribution is -2.52.